The Kier molecular flexibility index (Phi) is 7.11. The van der Waals surface area contributed by atoms with Crippen LogP contribution >= 0.6 is 11.6 Å². The number of aliphatic hydroxyl groups excluding tert-OH is 2. The molecule has 2 atom stereocenters. The number of ether oxygens (including phenoxy) is 1. The Morgan fingerprint density at radius 1 is 1.43 bits per heavy atom. The van der Waals surface area contributed by atoms with Gasteiger partial charge in [0, 0.05) is 18.2 Å². The van der Waals surface area contributed by atoms with Crippen molar-refractivity contribution in [2.24, 2.45) is 0 Å². The maximum atomic E-state index is 12.2. The predicted octanol–water partition coefficient (Wildman–Crippen LogP) is 1.84. The van der Waals surface area contributed by atoms with Gasteiger partial charge in [0.25, 0.3) is 0 Å². The molecule has 0 saturated carbocycles. The number of amides is 1. The first-order valence-electron chi connectivity index (χ1n) is 6.75. The van der Waals surface area contributed by atoms with Crippen LogP contribution in [0, 0.1) is 0 Å². The molecule has 1 amide bonds. The fraction of sp³-hybridized carbons (Fsp3) is 0.533. The molecule has 0 spiro atoms. The molecule has 0 aliphatic carbocycles. The van der Waals surface area contributed by atoms with Gasteiger partial charge in [-0.1, -0.05) is 18.2 Å². The molecule has 1 aromatic carbocycles. The van der Waals surface area contributed by atoms with Gasteiger partial charge in [-0.2, -0.15) is 0 Å². The van der Waals surface area contributed by atoms with Crippen molar-refractivity contribution in [1.82, 2.24) is 0 Å². The molecule has 0 aliphatic rings. The summed E-state index contributed by atoms with van der Waals surface area (Å²) >= 11 is 5.71. The Morgan fingerprint density at radius 3 is 2.57 bits per heavy atom. The molecule has 6 heteroatoms. The Balaban J connectivity index is 3.44. The highest BCUT2D eigenvalue weighted by Gasteiger charge is 2.27. The van der Waals surface area contributed by atoms with E-state index in [2.05, 4.69) is 0 Å². The first-order valence-corrected chi connectivity index (χ1v) is 7.29. The molecule has 0 fully saturated rings. The van der Waals surface area contributed by atoms with E-state index in [1.54, 1.807) is 32.2 Å². The minimum absolute atomic E-state index is 0.187. The molecule has 118 valence electrons. The van der Waals surface area contributed by atoms with Crippen molar-refractivity contribution in [3.05, 3.63) is 29.3 Å². The number of para-hydroxylation sites is 1. The van der Waals surface area contributed by atoms with E-state index in [0.29, 0.717) is 23.4 Å². The summed E-state index contributed by atoms with van der Waals surface area (Å²) in [6.45, 7) is 3.53. The van der Waals surface area contributed by atoms with Gasteiger partial charge >= 0.3 is 0 Å². The zero-order valence-corrected chi connectivity index (χ0v) is 13.3. The van der Waals surface area contributed by atoms with Crippen LogP contribution in [0.3, 0.4) is 0 Å². The van der Waals surface area contributed by atoms with Crippen LogP contribution in [0.25, 0.3) is 0 Å². The number of halogens is 1. The Labute approximate surface area is 130 Å². The highest BCUT2D eigenvalue weighted by molar-refractivity contribution is 6.29. The second-order valence-electron chi connectivity index (χ2n) is 4.89. The fourth-order valence-electron chi connectivity index (χ4n) is 2.34. The van der Waals surface area contributed by atoms with Crippen LogP contribution in [0.2, 0.25) is 0 Å². The van der Waals surface area contributed by atoms with E-state index in [-0.39, 0.29) is 24.4 Å². The largest absolute Gasteiger partial charge is 0.392 e. The lowest BCUT2D eigenvalue weighted by Crippen LogP contribution is -2.43. The smallest absolute Gasteiger partial charge is 0.242 e. The van der Waals surface area contributed by atoms with Gasteiger partial charge in [-0.05, 0) is 13.8 Å². The topological polar surface area (TPSA) is 70.0 Å². The van der Waals surface area contributed by atoms with Gasteiger partial charge in [-0.15, -0.1) is 11.6 Å². The van der Waals surface area contributed by atoms with Gasteiger partial charge in [-0.3, -0.25) is 4.79 Å². The van der Waals surface area contributed by atoms with Crippen LogP contribution in [-0.4, -0.2) is 41.8 Å². The zero-order chi connectivity index (χ0) is 16.0. The fourth-order valence-corrected chi connectivity index (χ4v) is 2.47. The number of hydrogen-bond acceptors (Lipinski definition) is 4. The molecule has 5 nitrogen and oxygen atoms in total. The van der Waals surface area contributed by atoms with Crippen molar-refractivity contribution in [3.8, 4) is 0 Å². The average molecular weight is 316 g/mol. The van der Waals surface area contributed by atoms with Gasteiger partial charge < -0.3 is 19.8 Å². The number of methoxy groups -OCH3 is 1. The lowest BCUT2D eigenvalue weighted by Gasteiger charge is -2.32. The van der Waals surface area contributed by atoms with Crippen molar-refractivity contribution < 1.29 is 19.7 Å². The highest BCUT2D eigenvalue weighted by Crippen LogP contribution is 2.32. The third-order valence-electron chi connectivity index (χ3n) is 3.24. The number of benzene rings is 1. The quantitative estimate of drug-likeness (QED) is 0.753. The number of anilines is 1. The summed E-state index contributed by atoms with van der Waals surface area (Å²) in [4.78, 5) is 13.7. The molecular weight excluding hydrogens is 294 g/mol. The molecule has 0 saturated heterocycles. The standard InChI is InChI=1S/C15H22ClNO4/c1-10(9-21-3)17(14(20)7-16)15-12(8-18)5-4-6-13(15)11(2)19/h4-6,10-11,18-19H,7-9H2,1-3H3/t10-,11?/m0/s1. The summed E-state index contributed by atoms with van der Waals surface area (Å²) < 4.78 is 5.11. The summed E-state index contributed by atoms with van der Waals surface area (Å²) in [6.07, 6.45) is -0.771. The van der Waals surface area contributed by atoms with Crippen LogP contribution in [0.15, 0.2) is 18.2 Å². The molecule has 0 aliphatic heterocycles. The number of alkyl halides is 1. The third kappa shape index (κ3) is 4.17. The second kappa shape index (κ2) is 8.34. The molecule has 0 bridgehead atoms. The van der Waals surface area contributed by atoms with Crippen LogP contribution in [0.1, 0.15) is 31.1 Å². The van der Waals surface area contributed by atoms with Crippen LogP contribution in [0.4, 0.5) is 5.69 Å². The monoisotopic (exact) mass is 315 g/mol. The minimum Gasteiger partial charge on any atom is -0.392 e. The van der Waals surface area contributed by atoms with E-state index in [1.807, 2.05) is 6.92 Å². The maximum Gasteiger partial charge on any atom is 0.242 e. The SMILES string of the molecule is COC[C@H](C)N(C(=O)CCl)c1c(CO)cccc1C(C)O. The minimum atomic E-state index is -0.771. The lowest BCUT2D eigenvalue weighted by molar-refractivity contribution is -0.116. The Bertz CT molecular complexity index is 479. The Morgan fingerprint density at radius 2 is 2.10 bits per heavy atom. The van der Waals surface area contributed by atoms with E-state index in [9.17, 15) is 15.0 Å². The highest BCUT2D eigenvalue weighted by atomic mass is 35.5. The lowest BCUT2D eigenvalue weighted by atomic mass is 10.0. The van der Waals surface area contributed by atoms with Gasteiger partial charge in [0.15, 0.2) is 0 Å². The van der Waals surface area contributed by atoms with E-state index < -0.39 is 6.10 Å². The van der Waals surface area contributed by atoms with E-state index in [1.165, 1.54) is 4.90 Å². The molecule has 0 radical (unpaired) electrons. The Hall–Kier alpha value is -1.14. The number of nitrogens with zero attached hydrogens (tertiary/aromatic N) is 1. The van der Waals surface area contributed by atoms with Gasteiger partial charge in [0.05, 0.1) is 31.0 Å². The molecule has 1 rings (SSSR count). The van der Waals surface area contributed by atoms with E-state index in [4.69, 9.17) is 16.3 Å². The zero-order valence-electron chi connectivity index (χ0n) is 12.5. The van der Waals surface area contributed by atoms with Crippen molar-refractivity contribution in [2.75, 3.05) is 24.5 Å². The summed E-state index contributed by atoms with van der Waals surface area (Å²) in [7, 11) is 1.55. The van der Waals surface area contributed by atoms with Crippen LogP contribution in [0.5, 0.6) is 0 Å². The van der Waals surface area contributed by atoms with Crippen LogP contribution in [-0.2, 0) is 16.1 Å². The molecular formula is C15H22ClNO4. The van der Waals surface area contributed by atoms with Gasteiger partial charge in [0.1, 0.15) is 5.88 Å². The maximum absolute atomic E-state index is 12.2. The molecule has 0 heterocycles. The van der Waals surface area contributed by atoms with E-state index >= 15 is 0 Å². The molecule has 1 aromatic rings. The average Bonchev–Trinajstić information content (AvgIpc) is 2.47. The summed E-state index contributed by atoms with van der Waals surface area (Å²) in [6, 6.07) is 4.91. The van der Waals surface area contributed by atoms with Crippen molar-refractivity contribution >= 4 is 23.2 Å². The second-order valence-corrected chi connectivity index (χ2v) is 5.16. The summed E-state index contributed by atoms with van der Waals surface area (Å²) in [5.41, 5.74) is 1.64. The predicted molar refractivity (Wildman–Crippen MR) is 82.5 cm³/mol. The molecule has 1 unspecified atom stereocenters. The number of aliphatic hydroxyl groups is 2. The normalized spacial score (nSPS) is 13.8. The number of carbonyl (C=O) groups is 1. The van der Waals surface area contributed by atoms with Crippen LogP contribution < -0.4 is 4.90 Å². The number of hydrogen-bond donors (Lipinski definition) is 2. The van der Waals surface area contributed by atoms with Gasteiger partial charge in [-0.25, -0.2) is 0 Å². The van der Waals surface area contributed by atoms with Gasteiger partial charge in [0.2, 0.25) is 5.91 Å². The third-order valence-corrected chi connectivity index (χ3v) is 3.47. The summed E-state index contributed by atoms with van der Waals surface area (Å²) in [5.74, 6) is -0.489. The first-order chi connectivity index (χ1) is 9.97. The first kappa shape index (κ1) is 17.9. The number of rotatable bonds is 7. The van der Waals surface area contributed by atoms with Crippen molar-refractivity contribution in [2.45, 2.75) is 32.6 Å². The molecule has 0 aromatic heterocycles. The van der Waals surface area contributed by atoms with E-state index in [0.717, 1.165) is 0 Å². The summed E-state index contributed by atoms with van der Waals surface area (Å²) in [5, 5.41) is 19.5. The molecule has 21 heavy (non-hydrogen) atoms. The number of carbonyl (C=O) groups excluding carboxylic acids is 1. The van der Waals surface area contributed by atoms with Crippen molar-refractivity contribution in [3.63, 3.8) is 0 Å². The van der Waals surface area contributed by atoms with Crippen molar-refractivity contribution in [1.29, 1.82) is 0 Å². The molecule has 2 N–H and O–H groups in total.